The van der Waals surface area contributed by atoms with Crippen molar-refractivity contribution in [1.29, 1.82) is 0 Å². The van der Waals surface area contributed by atoms with Crippen molar-refractivity contribution in [3.8, 4) is 0 Å². The van der Waals surface area contributed by atoms with Gasteiger partial charge >= 0.3 is 0 Å². The van der Waals surface area contributed by atoms with Gasteiger partial charge in [0.25, 0.3) is 5.91 Å². The number of ketones is 1. The summed E-state index contributed by atoms with van der Waals surface area (Å²) >= 11 is 7.39. The first-order chi connectivity index (χ1) is 9.65. The molecule has 20 heavy (non-hydrogen) atoms. The van der Waals surface area contributed by atoms with Crippen LogP contribution in [0.1, 0.15) is 32.0 Å². The molecule has 5 heteroatoms. The molecule has 1 aliphatic rings. The van der Waals surface area contributed by atoms with Gasteiger partial charge < -0.3 is 5.32 Å². The monoisotopic (exact) mass is 305 g/mol. The molecule has 1 N–H and O–H groups in total. The number of Topliss-reactive ketones (excluding diaryl/α,β-unsaturated/α-hetero) is 1. The second-order valence-corrected chi connectivity index (χ2v) is 6.45. The van der Waals surface area contributed by atoms with Crippen molar-refractivity contribution in [2.45, 2.75) is 18.9 Å². The van der Waals surface area contributed by atoms with Crippen molar-refractivity contribution in [3.63, 3.8) is 0 Å². The van der Waals surface area contributed by atoms with Crippen LogP contribution in [-0.2, 0) is 6.42 Å². The number of carbonyl (C=O) groups excluding carboxylic acids is 2. The molecule has 102 valence electrons. The van der Waals surface area contributed by atoms with E-state index in [1.54, 1.807) is 30.3 Å². The molecule has 0 aliphatic heterocycles. The van der Waals surface area contributed by atoms with Crippen LogP contribution in [-0.4, -0.2) is 17.7 Å². The first-order valence-corrected chi connectivity index (χ1v) is 7.53. The first kappa shape index (κ1) is 13.3. The number of thiophene rings is 1. The van der Waals surface area contributed by atoms with Crippen molar-refractivity contribution in [3.05, 3.63) is 56.7 Å². The van der Waals surface area contributed by atoms with Gasteiger partial charge in [0.2, 0.25) is 0 Å². The van der Waals surface area contributed by atoms with Gasteiger partial charge in [-0.2, -0.15) is 0 Å². The Balaban J connectivity index is 1.77. The van der Waals surface area contributed by atoms with Gasteiger partial charge in [-0.25, -0.2) is 0 Å². The number of rotatable bonds is 2. The van der Waals surface area contributed by atoms with Crippen molar-refractivity contribution in [2.24, 2.45) is 0 Å². The molecule has 1 heterocycles. The molecule has 1 aromatic carbocycles. The maximum atomic E-state index is 12.3. The Kier molecular flexibility index (Phi) is 3.59. The van der Waals surface area contributed by atoms with E-state index in [9.17, 15) is 9.59 Å². The molecule has 0 radical (unpaired) electrons. The van der Waals surface area contributed by atoms with Gasteiger partial charge in [0.15, 0.2) is 5.78 Å². The number of halogens is 1. The Morgan fingerprint density at radius 3 is 2.80 bits per heavy atom. The number of aryl methyl sites for hydroxylation is 1. The van der Waals surface area contributed by atoms with Crippen LogP contribution in [0, 0.1) is 0 Å². The molecule has 3 rings (SSSR count). The molecular formula is C15H12ClNO2S. The summed E-state index contributed by atoms with van der Waals surface area (Å²) in [5, 5.41) is 2.81. The van der Waals surface area contributed by atoms with Crippen molar-refractivity contribution >= 4 is 34.6 Å². The van der Waals surface area contributed by atoms with E-state index in [0.717, 1.165) is 11.3 Å². The van der Waals surface area contributed by atoms with E-state index in [1.165, 1.54) is 11.3 Å². The number of amides is 1. The highest BCUT2D eigenvalue weighted by atomic mass is 35.5. The zero-order chi connectivity index (χ0) is 14.1. The van der Waals surface area contributed by atoms with Crippen LogP contribution in [0.5, 0.6) is 0 Å². The van der Waals surface area contributed by atoms with Crippen LogP contribution >= 0.6 is 22.9 Å². The SMILES string of the molecule is O=C(NC1CCc2sc(Cl)cc2C1=O)c1ccccc1. The van der Waals surface area contributed by atoms with E-state index < -0.39 is 6.04 Å². The molecule has 1 amide bonds. The fourth-order valence-corrected chi connectivity index (χ4v) is 3.64. The smallest absolute Gasteiger partial charge is 0.251 e. The summed E-state index contributed by atoms with van der Waals surface area (Å²) in [7, 11) is 0. The van der Waals surface area contributed by atoms with Crippen LogP contribution in [0.3, 0.4) is 0 Å². The van der Waals surface area contributed by atoms with E-state index in [2.05, 4.69) is 5.32 Å². The largest absolute Gasteiger partial charge is 0.342 e. The highest BCUT2D eigenvalue weighted by Crippen LogP contribution is 2.32. The average molecular weight is 306 g/mol. The number of fused-ring (bicyclic) bond motifs is 1. The number of hydrogen-bond acceptors (Lipinski definition) is 3. The maximum absolute atomic E-state index is 12.3. The zero-order valence-electron chi connectivity index (χ0n) is 10.6. The number of nitrogens with one attached hydrogen (secondary N) is 1. The third-order valence-electron chi connectivity index (χ3n) is 3.36. The van der Waals surface area contributed by atoms with Gasteiger partial charge in [-0.3, -0.25) is 9.59 Å². The summed E-state index contributed by atoms with van der Waals surface area (Å²) in [4.78, 5) is 25.4. The number of hydrogen-bond donors (Lipinski definition) is 1. The third-order valence-corrected chi connectivity index (χ3v) is 4.69. The minimum absolute atomic E-state index is 0.0429. The highest BCUT2D eigenvalue weighted by Gasteiger charge is 2.30. The van der Waals surface area contributed by atoms with E-state index in [4.69, 9.17) is 11.6 Å². The van der Waals surface area contributed by atoms with Crippen molar-refractivity contribution in [2.75, 3.05) is 0 Å². The van der Waals surface area contributed by atoms with Crippen LogP contribution in [0.15, 0.2) is 36.4 Å². The predicted octanol–water partition coefficient (Wildman–Crippen LogP) is 3.33. The van der Waals surface area contributed by atoms with Crippen LogP contribution in [0.4, 0.5) is 0 Å². The Hall–Kier alpha value is -1.65. The summed E-state index contributed by atoms with van der Waals surface area (Å²) in [5.74, 6) is -0.257. The normalized spacial score (nSPS) is 17.6. The maximum Gasteiger partial charge on any atom is 0.251 e. The van der Waals surface area contributed by atoms with E-state index in [-0.39, 0.29) is 11.7 Å². The Labute approximate surface area is 125 Å². The molecule has 0 bridgehead atoms. The van der Waals surface area contributed by atoms with Gasteiger partial charge in [-0.05, 0) is 31.0 Å². The molecule has 1 aromatic heterocycles. The van der Waals surface area contributed by atoms with Crippen LogP contribution in [0.2, 0.25) is 4.34 Å². The molecular weight excluding hydrogens is 294 g/mol. The fraction of sp³-hybridized carbons (Fsp3) is 0.200. The van der Waals surface area contributed by atoms with E-state index >= 15 is 0 Å². The van der Waals surface area contributed by atoms with Gasteiger partial charge in [-0.1, -0.05) is 29.8 Å². The number of carbonyl (C=O) groups is 2. The summed E-state index contributed by atoms with van der Waals surface area (Å²) in [6.45, 7) is 0. The van der Waals surface area contributed by atoms with Gasteiger partial charge in [0.05, 0.1) is 10.4 Å². The Morgan fingerprint density at radius 2 is 2.05 bits per heavy atom. The summed E-state index contributed by atoms with van der Waals surface area (Å²) in [5.41, 5.74) is 1.22. The minimum Gasteiger partial charge on any atom is -0.342 e. The summed E-state index contributed by atoms with van der Waals surface area (Å²) in [6.07, 6.45) is 1.40. The molecule has 3 nitrogen and oxygen atoms in total. The molecule has 0 saturated carbocycles. The number of benzene rings is 1. The molecule has 0 saturated heterocycles. The first-order valence-electron chi connectivity index (χ1n) is 6.33. The van der Waals surface area contributed by atoms with Crippen molar-refractivity contribution < 1.29 is 9.59 Å². The minimum atomic E-state index is -0.458. The topological polar surface area (TPSA) is 46.2 Å². The van der Waals surface area contributed by atoms with E-state index in [1.807, 2.05) is 6.07 Å². The summed E-state index contributed by atoms with van der Waals surface area (Å²) < 4.78 is 0.624. The highest BCUT2D eigenvalue weighted by molar-refractivity contribution is 7.16. The van der Waals surface area contributed by atoms with Gasteiger partial charge in [0.1, 0.15) is 0 Å². The molecule has 1 unspecified atom stereocenters. The fourth-order valence-electron chi connectivity index (χ4n) is 2.35. The second-order valence-electron chi connectivity index (χ2n) is 4.68. The third kappa shape index (κ3) is 2.49. The molecule has 0 fully saturated rings. The van der Waals surface area contributed by atoms with E-state index in [0.29, 0.717) is 21.9 Å². The lowest BCUT2D eigenvalue weighted by molar-refractivity contribution is 0.0846. The van der Waals surface area contributed by atoms with Crippen LogP contribution < -0.4 is 5.32 Å². The lowest BCUT2D eigenvalue weighted by Crippen LogP contribution is -2.43. The lowest BCUT2D eigenvalue weighted by Gasteiger charge is -2.21. The van der Waals surface area contributed by atoms with Crippen molar-refractivity contribution in [1.82, 2.24) is 5.32 Å². The molecule has 1 atom stereocenters. The quantitative estimate of drug-likeness (QED) is 0.925. The standard InChI is InChI=1S/C15H12ClNO2S/c16-13-8-10-12(20-13)7-6-11(14(10)18)17-15(19)9-4-2-1-3-5-9/h1-5,8,11H,6-7H2,(H,17,19). The Morgan fingerprint density at radius 1 is 1.30 bits per heavy atom. The molecule has 2 aromatic rings. The van der Waals surface area contributed by atoms with Gasteiger partial charge in [0, 0.05) is 16.0 Å². The summed E-state index contributed by atoms with van der Waals surface area (Å²) in [6, 6.07) is 10.2. The van der Waals surface area contributed by atoms with Gasteiger partial charge in [-0.15, -0.1) is 11.3 Å². The Bertz CT molecular complexity index is 666. The predicted molar refractivity (Wildman–Crippen MR) is 79.7 cm³/mol. The lowest BCUT2D eigenvalue weighted by atomic mass is 9.93. The average Bonchev–Trinajstić information content (AvgIpc) is 2.84. The zero-order valence-corrected chi connectivity index (χ0v) is 12.1. The molecule has 0 spiro atoms. The van der Waals surface area contributed by atoms with Crippen LogP contribution in [0.25, 0.3) is 0 Å². The second kappa shape index (κ2) is 5.38. The molecule has 1 aliphatic carbocycles.